The molecular formula is C80H88N12O4. The Bertz CT molecular complexity index is 4370. The van der Waals surface area contributed by atoms with Crippen LogP contribution in [0.3, 0.4) is 0 Å². The fraction of sp³-hybridized carbons (Fsp3) is 0.300. The Kier molecular flexibility index (Phi) is 20.2. The molecule has 4 aliphatic heterocycles. The molecule has 0 unspecified atom stereocenters. The average Bonchev–Trinajstić information content (AvgIpc) is 1.67. The highest BCUT2D eigenvalue weighted by Crippen LogP contribution is 2.37. The zero-order valence-electron chi connectivity index (χ0n) is 55.6. The van der Waals surface area contributed by atoms with E-state index in [1.165, 1.54) is 118 Å². The summed E-state index contributed by atoms with van der Waals surface area (Å²) in [6.45, 7) is 8.87. The molecule has 2 fully saturated rings. The van der Waals surface area contributed by atoms with Crippen molar-refractivity contribution in [2.75, 3.05) is 80.5 Å². The molecule has 8 N–H and O–H groups in total. The number of likely N-dealkylation sites (N-methyl/N-ethyl adjacent to an activating group) is 2. The van der Waals surface area contributed by atoms with Crippen molar-refractivity contribution in [1.29, 1.82) is 21.6 Å². The Morgan fingerprint density at radius 2 is 0.677 bits per heavy atom. The molecule has 0 saturated carbocycles. The maximum atomic E-state index is 8.22. The van der Waals surface area contributed by atoms with Crippen molar-refractivity contribution in [3.8, 4) is 0 Å². The molecule has 0 radical (unpaired) electrons. The van der Waals surface area contributed by atoms with Crippen LogP contribution in [0.1, 0.15) is 118 Å². The molecule has 8 aromatic heterocycles. The van der Waals surface area contributed by atoms with Crippen LogP contribution in [-0.4, -0.2) is 143 Å². The largest absolute Gasteiger partial charge is 0.463 e. The molecule has 12 aromatic rings. The molecule has 96 heavy (non-hydrogen) atoms. The number of nitrogens with one attached hydrogen (secondary N) is 8. The van der Waals surface area contributed by atoms with Gasteiger partial charge in [-0.3, -0.25) is 0 Å². The number of benzene rings is 4. The second-order valence-electron chi connectivity index (χ2n) is 26.6. The van der Waals surface area contributed by atoms with Gasteiger partial charge in [-0.2, -0.15) is 0 Å². The second-order valence-corrected chi connectivity index (χ2v) is 26.6. The highest BCUT2D eigenvalue weighted by Gasteiger charge is 2.24. The number of rotatable bonds is 16. The SMILES string of the molecule is CN1CC=C(c2c[nH]c3ccc(CC(=N)c4ccco4)cc23)CC1.CN1CC=C(c2c[nH]c3ccc(CC(=N)c4ccco4)cc23)CC1.CN1CCC(c2c[nH]c3ccc(CC(=N)c4ccco4)cc23)CC1.CN1CCC(c2c[nH]c3ccc(CC(=N)c4ccco4)cc23)CC1. The minimum atomic E-state index is 0.509. The predicted octanol–water partition coefficient (Wildman–Crippen LogP) is 16.5. The van der Waals surface area contributed by atoms with Gasteiger partial charge in [0.2, 0.25) is 0 Å². The van der Waals surface area contributed by atoms with Gasteiger partial charge in [-0.25, -0.2) is 0 Å². The van der Waals surface area contributed by atoms with E-state index < -0.39 is 0 Å². The van der Waals surface area contributed by atoms with Crippen LogP contribution in [0, 0.1) is 21.6 Å². The lowest BCUT2D eigenvalue weighted by molar-refractivity contribution is 0.256. The first-order chi connectivity index (χ1) is 46.8. The number of piperidine rings is 2. The number of hydrogen-bond acceptors (Lipinski definition) is 12. The van der Waals surface area contributed by atoms with Gasteiger partial charge in [-0.1, -0.05) is 36.4 Å². The summed E-state index contributed by atoms with van der Waals surface area (Å²) in [6, 6.07) is 40.5. The zero-order valence-corrected chi connectivity index (χ0v) is 55.6. The molecular weight excluding hydrogens is 1190 g/mol. The van der Waals surface area contributed by atoms with Crippen molar-refractivity contribution in [2.24, 2.45) is 0 Å². The molecule has 2 saturated heterocycles. The number of H-pyrrole nitrogens is 4. The van der Waals surface area contributed by atoms with Gasteiger partial charge in [0, 0.05) is 131 Å². The first kappa shape index (κ1) is 64.8. The molecule has 4 aliphatic rings. The molecule has 16 nitrogen and oxygen atoms in total. The molecule has 16 rings (SSSR count). The van der Waals surface area contributed by atoms with Crippen LogP contribution < -0.4 is 0 Å². The monoisotopic (exact) mass is 1280 g/mol. The summed E-state index contributed by atoms with van der Waals surface area (Å²) in [5, 5.41) is 38.0. The molecule has 0 bridgehead atoms. The lowest BCUT2D eigenvalue weighted by Gasteiger charge is -2.28. The minimum Gasteiger partial charge on any atom is -0.463 e. The predicted molar refractivity (Wildman–Crippen MR) is 389 cm³/mol. The Hall–Kier alpha value is -9.84. The number of aromatic nitrogens is 4. The Morgan fingerprint density at radius 3 is 0.969 bits per heavy atom. The van der Waals surface area contributed by atoms with Crippen LogP contribution in [0.5, 0.6) is 0 Å². The van der Waals surface area contributed by atoms with Gasteiger partial charge in [-0.05, 0) is 246 Å². The maximum Gasteiger partial charge on any atom is 0.147 e. The van der Waals surface area contributed by atoms with Crippen molar-refractivity contribution < 1.29 is 17.7 Å². The molecule has 16 heteroatoms. The van der Waals surface area contributed by atoms with E-state index in [2.05, 4.69) is 177 Å². The topological polar surface area (TPSA) is 224 Å². The molecule has 0 amide bonds. The minimum absolute atomic E-state index is 0.509. The van der Waals surface area contributed by atoms with E-state index in [1.54, 1.807) is 25.1 Å². The fourth-order valence-electron chi connectivity index (χ4n) is 14.0. The lowest BCUT2D eigenvalue weighted by Crippen LogP contribution is -2.29. The highest BCUT2D eigenvalue weighted by atomic mass is 16.3. The van der Waals surface area contributed by atoms with E-state index in [9.17, 15) is 0 Å². The van der Waals surface area contributed by atoms with Crippen molar-refractivity contribution in [3.63, 3.8) is 0 Å². The van der Waals surface area contributed by atoms with Gasteiger partial charge in [0.05, 0.1) is 47.9 Å². The van der Waals surface area contributed by atoms with Crippen LogP contribution >= 0.6 is 0 Å². The third-order valence-electron chi connectivity index (χ3n) is 19.7. The third-order valence-corrected chi connectivity index (χ3v) is 19.7. The van der Waals surface area contributed by atoms with Crippen molar-refractivity contribution in [2.45, 2.75) is 76.0 Å². The van der Waals surface area contributed by atoms with Gasteiger partial charge < -0.3 is 78.8 Å². The van der Waals surface area contributed by atoms with E-state index in [-0.39, 0.29) is 0 Å². The average molecular weight is 1280 g/mol. The number of aromatic amines is 4. The van der Waals surface area contributed by atoms with E-state index in [4.69, 9.17) is 39.3 Å². The normalized spacial score (nSPS) is 16.2. The summed E-state index contributed by atoms with van der Waals surface area (Å²) in [6.07, 6.45) is 29.1. The summed E-state index contributed by atoms with van der Waals surface area (Å²) in [7, 11) is 8.70. The summed E-state index contributed by atoms with van der Waals surface area (Å²) in [4.78, 5) is 23.1. The van der Waals surface area contributed by atoms with Gasteiger partial charge in [-0.15, -0.1) is 0 Å². The zero-order chi connectivity index (χ0) is 66.1. The quantitative estimate of drug-likeness (QED) is 0.0434. The molecule has 0 spiro atoms. The summed E-state index contributed by atoms with van der Waals surface area (Å²) in [5.74, 6) is 3.86. The van der Waals surface area contributed by atoms with E-state index in [0.29, 0.717) is 83.4 Å². The van der Waals surface area contributed by atoms with Crippen LogP contribution in [-0.2, 0) is 25.7 Å². The molecule has 492 valence electrons. The van der Waals surface area contributed by atoms with Crippen LogP contribution in [0.2, 0.25) is 0 Å². The van der Waals surface area contributed by atoms with E-state index in [0.717, 1.165) is 72.3 Å². The third kappa shape index (κ3) is 15.4. The smallest absolute Gasteiger partial charge is 0.147 e. The molecule has 0 aliphatic carbocycles. The van der Waals surface area contributed by atoms with Crippen molar-refractivity contribution in [3.05, 3.63) is 251 Å². The first-order valence-electron chi connectivity index (χ1n) is 33.8. The van der Waals surface area contributed by atoms with E-state index >= 15 is 0 Å². The van der Waals surface area contributed by atoms with Gasteiger partial charge in [0.25, 0.3) is 0 Å². The molecule has 0 atom stereocenters. The van der Waals surface area contributed by atoms with E-state index in [1.807, 2.05) is 48.5 Å². The first-order valence-corrected chi connectivity index (χ1v) is 33.8. The van der Waals surface area contributed by atoms with Crippen molar-refractivity contribution >= 4 is 77.6 Å². The summed E-state index contributed by atoms with van der Waals surface area (Å²) in [5.41, 5.74) is 19.6. The lowest BCUT2D eigenvalue weighted by atomic mass is 9.89. The number of furan rings is 4. The number of hydrogen-bond donors (Lipinski definition) is 8. The van der Waals surface area contributed by atoms with Gasteiger partial charge >= 0.3 is 0 Å². The summed E-state index contributed by atoms with van der Waals surface area (Å²) < 4.78 is 21.3. The molecule has 12 heterocycles. The van der Waals surface area contributed by atoms with Crippen LogP contribution in [0.15, 0.2) is 201 Å². The van der Waals surface area contributed by atoms with Gasteiger partial charge in [0.1, 0.15) is 23.0 Å². The Balaban J connectivity index is 0.000000116. The van der Waals surface area contributed by atoms with Gasteiger partial charge in [0.15, 0.2) is 0 Å². The van der Waals surface area contributed by atoms with Crippen LogP contribution in [0.25, 0.3) is 54.8 Å². The Labute approximate surface area is 561 Å². The van der Waals surface area contributed by atoms with Crippen LogP contribution in [0.4, 0.5) is 0 Å². The fourth-order valence-corrected chi connectivity index (χ4v) is 14.0. The maximum absolute atomic E-state index is 8.22. The number of nitrogens with zero attached hydrogens (tertiary/aromatic N) is 4. The highest BCUT2D eigenvalue weighted by molar-refractivity contribution is 6.01. The second kappa shape index (κ2) is 29.8. The Morgan fingerprint density at radius 1 is 0.375 bits per heavy atom. The standard InChI is InChI=1S/2C20H23N3O.2C20H21N3O/c4*1-23-8-6-15(7-9-23)17-13-22-19-5-4-14(11-16(17)19)12-18(21)20-3-2-10-24-20/h2*2-5,10-11,13,15,21-22H,6-9,12H2,1H3;2*2-6,10-11,13,21-22H,7-9,12H2,1H3. The molecule has 4 aromatic carbocycles. The number of fused-ring (bicyclic) bond motifs is 4. The number of likely N-dealkylation sites (tertiary alicyclic amines) is 2. The summed E-state index contributed by atoms with van der Waals surface area (Å²) >= 11 is 0. The van der Waals surface area contributed by atoms with Crippen molar-refractivity contribution in [1.82, 2.24) is 39.5 Å².